The van der Waals surface area contributed by atoms with E-state index in [9.17, 15) is 23.5 Å². The summed E-state index contributed by atoms with van der Waals surface area (Å²) in [5.41, 5.74) is -0.0206. The molecule has 0 bridgehead atoms. The van der Waals surface area contributed by atoms with Crippen LogP contribution in [-0.2, 0) is 10.2 Å². The summed E-state index contributed by atoms with van der Waals surface area (Å²) in [7, 11) is 0. The molecule has 0 unspecified atom stereocenters. The quantitative estimate of drug-likeness (QED) is 0.638. The molecular formula is C28H38F2N4O4. The van der Waals surface area contributed by atoms with Gasteiger partial charge in [0.1, 0.15) is 11.3 Å². The molecule has 5 rings (SSSR count). The molecule has 0 atom stereocenters. The van der Waals surface area contributed by atoms with Crippen molar-refractivity contribution in [3.63, 3.8) is 0 Å². The molecule has 3 aliphatic rings. The number of aromatic nitrogens is 1. The zero-order valence-electron chi connectivity index (χ0n) is 23.1. The van der Waals surface area contributed by atoms with Crippen molar-refractivity contribution in [2.75, 3.05) is 37.6 Å². The Morgan fingerprint density at radius 3 is 2.32 bits per heavy atom. The fourth-order valence-corrected chi connectivity index (χ4v) is 6.05. The Hall–Kier alpha value is -2.75. The van der Waals surface area contributed by atoms with Crippen LogP contribution in [0.1, 0.15) is 76.9 Å². The largest absolute Gasteiger partial charge is 0.449 e. The standard InChI is InChI=1S/C28H38F2N4O4/c1-25(2,3)18-11-21(32-8-7-28(29,30)16-32)31-19-12-20(38-22(18)19)24(36)34-10-9-33(15-26(34,4)5)23(35)17-13-27(6,37)14-17/h11-12,17,37H,7-10,13-16H2,1-6H3. The molecule has 2 aliphatic heterocycles. The van der Waals surface area contributed by atoms with Gasteiger partial charge in [0.25, 0.3) is 11.8 Å². The van der Waals surface area contributed by atoms with Gasteiger partial charge in [-0.05, 0) is 45.1 Å². The summed E-state index contributed by atoms with van der Waals surface area (Å²) >= 11 is 0. The molecule has 3 fully saturated rings. The van der Waals surface area contributed by atoms with E-state index in [-0.39, 0.29) is 48.4 Å². The van der Waals surface area contributed by atoms with Crippen LogP contribution >= 0.6 is 0 Å². The van der Waals surface area contributed by atoms with E-state index in [1.54, 1.807) is 33.8 Å². The van der Waals surface area contributed by atoms with Gasteiger partial charge in [0.2, 0.25) is 5.91 Å². The number of anilines is 1. The first-order chi connectivity index (χ1) is 17.5. The molecule has 208 valence electrons. The maximum atomic E-state index is 13.9. The second-order valence-electron chi connectivity index (χ2n) is 13.3. The average Bonchev–Trinajstić information content (AvgIpc) is 3.37. The Labute approximate surface area is 222 Å². The minimum atomic E-state index is -2.75. The number of nitrogens with zero attached hydrogens (tertiary/aromatic N) is 4. The highest BCUT2D eigenvalue weighted by molar-refractivity contribution is 5.97. The van der Waals surface area contributed by atoms with Crippen LogP contribution in [0.2, 0.25) is 0 Å². The maximum absolute atomic E-state index is 13.9. The predicted molar refractivity (Wildman–Crippen MR) is 140 cm³/mol. The molecule has 0 aromatic carbocycles. The van der Waals surface area contributed by atoms with Crippen molar-refractivity contribution in [3.05, 3.63) is 23.5 Å². The molecule has 38 heavy (non-hydrogen) atoms. The van der Waals surface area contributed by atoms with E-state index < -0.39 is 17.1 Å². The maximum Gasteiger partial charge on any atom is 0.290 e. The Morgan fingerprint density at radius 1 is 1.08 bits per heavy atom. The minimum Gasteiger partial charge on any atom is -0.449 e. The van der Waals surface area contributed by atoms with Crippen molar-refractivity contribution in [2.24, 2.45) is 5.92 Å². The number of carbonyl (C=O) groups is 2. The molecule has 0 radical (unpaired) electrons. The number of hydrogen-bond donors (Lipinski definition) is 1. The van der Waals surface area contributed by atoms with Crippen molar-refractivity contribution in [1.82, 2.24) is 14.8 Å². The van der Waals surface area contributed by atoms with E-state index >= 15 is 0 Å². The second-order valence-corrected chi connectivity index (χ2v) is 13.3. The third-order valence-corrected chi connectivity index (χ3v) is 8.16. The number of halogens is 2. The van der Waals surface area contributed by atoms with Gasteiger partial charge >= 0.3 is 0 Å². The lowest BCUT2D eigenvalue weighted by atomic mass is 9.71. The smallest absolute Gasteiger partial charge is 0.290 e. The molecule has 2 aromatic heterocycles. The van der Waals surface area contributed by atoms with E-state index in [0.717, 1.165) is 5.56 Å². The fourth-order valence-electron chi connectivity index (χ4n) is 6.05. The number of pyridine rings is 1. The van der Waals surface area contributed by atoms with E-state index in [1.165, 1.54) is 0 Å². The van der Waals surface area contributed by atoms with E-state index in [4.69, 9.17) is 4.42 Å². The molecule has 2 aromatic rings. The van der Waals surface area contributed by atoms with Crippen molar-refractivity contribution in [3.8, 4) is 0 Å². The summed E-state index contributed by atoms with van der Waals surface area (Å²) in [5, 5.41) is 10.0. The van der Waals surface area contributed by atoms with Crippen molar-refractivity contribution in [1.29, 1.82) is 0 Å². The zero-order valence-corrected chi connectivity index (χ0v) is 23.1. The first-order valence-corrected chi connectivity index (χ1v) is 13.4. The summed E-state index contributed by atoms with van der Waals surface area (Å²) in [4.78, 5) is 36.4. The van der Waals surface area contributed by atoms with E-state index in [2.05, 4.69) is 4.98 Å². The van der Waals surface area contributed by atoms with Gasteiger partial charge in [-0.15, -0.1) is 0 Å². The molecule has 10 heteroatoms. The van der Waals surface area contributed by atoms with Gasteiger partial charge < -0.3 is 24.2 Å². The minimum absolute atomic E-state index is 0.0273. The van der Waals surface area contributed by atoms with Crippen molar-refractivity contribution >= 4 is 28.7 Å². The van der Waals surface area contributed by atoms with Crippen LogP contribution in [0.5, 0.6) is 0 Å². The molecule has 0 spiro atoms. The highest BCUT2D eigenvalue weighted by Crippen LogP contribution is 2.40. The number of amides is 2. The monoisotopic (exact) mass is 532 g/mol. The SMILES string of the molecule is CC1(O)CC(C(=O)N2CCN(C(=O)c3cc4nc(N5CCC(F)(F)C5)cc(C(C)(C)C)c4o3)C(C)(C)C2)C1. The van der Waals surface area contributed by atoms with Crippen LogP contribution in [-0.4, -0.2) is 81.5 Å². The number of carbonyl (C=O) groups excluding carboxylic acids is 2. The number of hydrogen-bond acceptors (Lipinski definition) is 6. The topological polar surface area (TPSA) is 90.1 Å². The van der Waals surface area contributed by atoms with Gasteiger partial charge in [-0.25, -0.2) is 13.8 Å². The summed E-state index contributed by atoms with van der Waals surface area (Å²) in [6.07, 6.45) is 0.714. The van der Waals surface area contributed by atoms with Gasteiger partial charge in [0.15, 0.2) is 11.3 Å². The molecule has 1 saturated carbocycles. The molecule has 2 amide bonds. The molecular weight excluding hydrogens is 494 g/mol. The Bertz CT molecular complexity index is 1270. The Balaban J connectivity index is 1.40. The second kappa shape index (κ2) is 8.63. The van der Waals surface area contributed by atoms with Crippen molar-refractivity contribution < 1.29 is 27.9 Å². The van der Waals surface area contributed by atoms with Crippen molar-refractivity contribution in [2.45, 2.75) is 83.3 Å². The fraction of sp³-hybridized carbons (Fsp3) is 0.679. The summed E-state index contributed by atoms with van der Waals surface area (Å²) in [5.74, 6) is -2.58. The van der Waals surface area contributed by atoms with Crippen LogP contribution in [0.25, 0.3) is 11.1 Å². The molecule has 2 saturated heterocycles. The first-order valence-electron chi connectivity index (χ1n) is 13.4. The van der Waals surface area contributed by atoms with Gasteiger partial charge in [-0.1, -0.05) is 20.8 Å². The van der Waals surface area contributed by atoms with Crippen LogP contribution in [0.15, 0.2) is 16.5 Å². The highest BCUT2D eigenvalue weighted by atomic mass is 19.3. The Kier molecular flexibility index (Phi) is 6.09. The number of piperazine rings is 1. The van der Waals surface area contributed by atoms with E-state index in [1.807, 2.05) is 34.6 Å². The average molecular weight is 533 g/mol. The lowest BCUT2D eigenvalue weighted by Gasteiger charge is -2.49. The van der Waals surface area contributed by atoms with Gasteiger partial charge in [0, 0.05) is 50.1 Å². The van der Waals surface area contributed by atoms with E-state index in [0.29, 0.717) is 49.4 Å². The van der Waals surface area contributed by atoms with Gasteiger partial charge in [-0.2, -0.15) is 0 Å². The number of rotatable bonds is 3. The predicted octanol–water partition coefficient (Wildman–Crippen LogP) is 4.19. The summed E-state index contributed by atoms with van der Waals surface area (Å²) < 4.78 is 34.0. The van der Waals surface area contributed by atoms with Crippen LogP contribution in [0, 0.1) is 5.92 Å². The highest BCUT2D eigenvalue weighted by Gasteiger charge is 2.47. The third kappa shape index (κ3) is 4.87. The number of furan rings is 1. The van der Waals surface area contributed by atoms with Crippen LogP contribution < -0.4 is 4.90 Å². The normalized spacial score (nSPS) is 27.1. The molecule has 1 N–H and O–H groups in total. The number of fused-ring (bicyclic) bond motifs is 1. The molecule has 4 heterocycles. The number of alkyl halides is 2. The summed E-state index contributed by atoms with van der Waals surface area (Å²) in [6, 6.07) is 3.41. The van der Waals surface area contributed by atoms with Crippen LogP contribution in [0.4, 0.5) is 14.6 Å². The number of aliphatic hydroxyl groups is 1. The molecule has 8 nitrogen and oxygen atoms in total. The summed E-state index contributed by atoms with van der Waals surface area (Å²) in [6.45, 7) is 12.6. The Morgan fingerprint density at radius 2 is 1.76 bits per heavy atom. The van der Waals surface area contributed by atoms with Crippen LogP contribution in [0.3, 0.4) is 0 Å². The molecule has 1 aliphatic carbocycles. The third-order valence-electron chi connectivity index (χ3n) is 8.16. The lowest BCUT2D eigenvalue weighted by molar-refractivity contribution is -0.153. The first kappa shape index (κ1) is 26.8. The van der Waals surface area contributed by atoms with Gasteiger partial charge in [-0.3, -0.25) is 9.59 Å². The van der Waals surface area contributed by atoms with Gasteiger partial charge in [0.05, 0.1) is 17.7 Å². The lowest BCUT2D eigenvalue weighted by Crippen LogP contribution is -2.63. The zero-order chi connectivity index (χ0) is 27.8.